The maximum Gasteiger partial charge on any atom is 0.261 e. The summed E-state index contributed by atoms with van der Waals surface area (Å²) < 4.78 is 1.73. The van der Waals surface area contributed by atoms with Crippen LogP contribution in [0, 0.1) is 0 Å². The monoisotopic (exact) mass is 231 g/mol. The lowest BCUT2D eigenvalue weighted by Gasteiger charge is -2.16. The van der Waals surface area contributed by atoms with Crippen LogP contribution in [-0.4, -0.2) is 16.6 Å². The Bertz CT molecular complexity index is 589. The number of hydrogen-bond acceptors (Lipinski definition) is 3. The minimum absolute atomic E-state index is 0.0372. The summed E-state index contributed by atoms with van der Waals surface area (Å²) in [5.74, 6) is 0.790. The number of benzene rings is 1. The highest BCUT2D eigenvalue weighted by Crippen LogP contribution is 2.12. The van der Waals surface area contributed by atoms with Crippen molar-refractivity contribution in [1.82, 2.24) is 14.9 Å². The molecule has 0 amide bonds. The summed E-state index contributed by atoms with van der Waals surface area (Å²) in [6.45, 7) is 4.60. The first-order chi connectivity index (χ1) is 8.19. The second-order valence-electron chi connectivity index (χ2n) is 4.05. The van der Waals surface area contributed by atoms with E-state index in [0.717, 1.165) is 11.3 Å². The Labute approximate surface area is 100 Å². The summed E-state index contributed by atoms with van der Waals surface area (Å²) in [6.07, 6.45) is 0. The van der Waals surface area contributed by atoms with Crippen LogP contribution in [0.15, 0.2) is 29.1 Å². The molecule has 0 saturated carbocycles. The van der Waals surface area contributed by atoms with E-state index in [4.69, 9.17) is 0 Å². The fraction of sp³-hybridized carbons (Fsp3) is 0.385. The minimum atomic E-state index is 0.0372. The van der Waals surface area contributed by atoms with Gasteiger partial charge in [-0.3, -0.25) is 9.36 Å². The van der Waals surface area contributed by atoms with E-state index in [1.54, 1.807) is 4.57 Å². The molecule has 1 N–H and O–H groups in total. The second kappa shape index (κ2) is 4.67. The molecule has 0 fully saturated rings. The van der Waals surface area contributed by atoms with Crippen molar-refractivity contribution in [2.45, 2.75) is 26.4 Å². The van der Waals surface area contributed by atoms with Crippen LogP contribution in [0.5, 0.6) is 0 Å². The van der Waals surface area contributed by atoms with Crippen molar-refractivity contribution in [2.24, 2.45) is 0 Å². The van der Waals surface area contributed by atoms with Crippen LogP contribution in [0.2, 0.25) is 0 Å². The smallest absolute Gasteiger partial charge is 0.261 e. The molecule has 17 heavy (non-hydrogen) atoms. The number of para-hydroxylation sites is 1. The molecule has 0 bridgehead atoms. The van der Waals surface area contributed by atoms with Crippen LogP contribution < -0.4 is 10.9 Å². The summed E-state index contributed by atoms with van der Waals surface area (Å²) >= 11 is 0. The van der Waals surface area contributed by atoms with Crippen LogP contribution in [0.4, 0.5) is 0 Å². The molecule has 1 unspecified atom stereocenters. The molecule has 0 saturated heterocycles. The summed E-state index contributed by atoms with van der Waals surface area (Å²) in [7, 11) is 1.87. The number of aromatic nitrogens is 2. The van der Waals surface area contributed by atoms with Gasteiger partial charge in [0.2, 0.25) is 0 Å². The summed E-state index contributed by atoms with van der Waals surface area (Å²) in [6, 6.07) is 7.53. The zero-order valence-electron chi connectivity index (χ0n) is 10.4. The van der Waals surface area contributed by atoms with Crippen molar-refractivity contribution in [3.63, 3.8) is 0 Å². The van der Waals surface area contributed by atoms with Gasteiger partial charge in [0.15, 0.2) is 0 Å². The van der Waals surface area contributed by atoms with Crippen molar-refractivity contribution in [2.75, 3.05) is 7.05 Å². The van der Waals surface area contributed by atoms with Crippen LogP contribution in [0.1, 0.15) is 25.7 Å². The van der Waals surface area contributed by atoms with Gasteiger partial charge < -0.3 is 5.32 Å². The molecule has 2 rings (SSSR count). The molecule has 0 radical (unpaired) electrons. The second-order valence-corrected chi connectivity index (χ2v) is 4.05. The highest BCUT2D eigenvalue weighted by Gasteiger charge is 2.13. The van der Waals surface area contributed by atoms with Gasteiger partial charge in [0.25, 0.3) is 5.56 Å². The molecule has 1 aromatic carbocycles. The molecule has 0 aliphatic carbocycles. The average Bonchev–Trinajstić information content (AvgIpc) is 2.37. The molecular weight excluding hydrogens is 214 g/mol. The average molecular weight is 231 g/mol. The fourth-order valence-corrected chi connectivity index (χ4v) is 1.95. The third-order valence-corrected chi connectivity index (χ3v) is 3.03. The molecule has 2 aromatic rings. The SMILES string of the molecule is CCn1c(C(C)NC)nc2ccccc2c1=O. The number of rotatable bonds is 3. The van der Waals surface area contributed by atoms with Crippen molar-refractivity contribution < 1.29 is 0 Å². The van der Waals surface area contributed by atoms with Gasteiger partial charge in [-0.2, -0.15) is 0 Å². The Morgan fingerprint density at radius 1 is 1.41 bits per heavy atom. The Hall–Kier alpha value is -1.68. The van der Waals surface area contributed by atoms with Gasteiger partial charge in [-0.1, -0.05) is 12.1 Å². The summed E-state index contributed by atoms with van der Waals surface area (Å²) in [4.78, 5) is 16.9. The molecule has 4 heteroatoms. The van der Waals surface area contributed by atoms with Gasteiger partial charge >= 0.3 is 0 Å². The fourth-order valence-electron chi connectivity index (χ4n) is 1.95. The van der Waals surface area contributed by atoms with E-state index < -0.39 is 0 Å². The lowest BCUT2D eigenvalue weighted by atomic mass is 10.2. The lowest BCUT2D eigenvalue weighted by molar-refractivity contribution is 0.544. The third kappa shape index (κ3) is 1.96. The first-order valence-corrected chi connectivity index (χ1v) is 5.85. The largest absolute Gasteiger partial charge is 0.311 e. The van der Waals surface area contributed by atoms with E-state index >= 15 is 0 Å². The van der Waals surface area contributed by atoms with Crippen molar-refractivity contribution in [3.05, 3.63) is 40.4 Å². The molecule has 4 nitrogen and oxygen atoms in total. The molecule has 0 spiro atoms. The Kier molecular flexibility index (Phi) is 3.24. The topological polar surface area (TPSA) is 46.9 Å². The van der Waals surface area contributed by atoms with Gasteiger partial charge in [-0.05, 0) is 33.0 Å². The Morgan fingerprint density at radius 2 is 2.12 bits per heavy atom. The van der Waals surface area contributed by atoms with Crippen LogP contribution in [0.25, 0.3) is 10.9 Å². The Morgan fingerprint density at radius 3 is 2.76 bits per heavy atom. The predicted octanol–water partition coefficient (Wildman–Crippen LogP) is 1.70. The van der Waals surface area contributed by atoms with Gasteiger partial charge in [0, 0.05) is 6.54 Å². The number of nitrogens with zero attached hydrogens (tertiary/aromatic N) is 2. The number of hydrogen-bond donors (Lipinski definition) is 1. The standard InChI is InChI=1S/C13H17N3O/c1-4-16-12(9(2)14-3)15-11-8-6-5-7-10(11)13(16)17/h5-9,14H,4H2,1-3H3. The van der Waals surface area contributed by atoms with E-state index in [0.29, 0.717) is 11.9 Å². The third-order valence-electron chi connectivity index (χ3n) is 3.03. The molecular formula is C13H17N3O. The molecule has 1 aromatic heterocycles. The van der Waals surface area contributed by atoms with Gasteiger partial charge in [0.1, 0.15) is 5.82 Å². The zero-order valence-corrected chi connectivity index (χ0v) is 10.4. The van der Waals surface area contributed by atoms with Crippen molar-refractivity contribution >= 4 is 10.9 Å². The van der Waals surface area contributed by atoms with Gasteiger partial charge in [-0.25, -0.2) is 4.98 Å². The van der Waals surface area contributed by atoms with Crippen molar-refractivity contribution in [1.29, 1.82) is 0 Å². The van der Waals surface area contributed by atoms with Crippen molar-refractivity contribution in [3.8, 4) is 0 Å². The highest BCUT2D eigenvalue weighted by atomic mass is 16.1. The molecule has 1 atom stereocenters. The minimum Gasteiger partial charge on any atom is -0.311 e. The quantitative estimate of drug-likeness (QED) is 0.874. The first kappa shape index (κ1) is 11.8. The van der Waals surface area contributed by atoms with Gasteiger partial charge in [0.05, 0.1) is 16.9 Å². The number of nitrogens with one attached hydrogen (secondary N) is 1. The van der Waals surface area contributed by atoms with E-state index in [-0.39, 0.29) is 11.6 Å². The summed E-state index contributed by atoms with van der Waals surface area (Å²) in [5, 5.41) is 3.81. The molecule has 0 aliphatic heterocycles. The lowest BCUT2D eigenvalue weighted by Crippen LogP contribution is -2.29. The predicted molar refractivity (Wildman–Crippen MR) is 69.2 cm³/mol. The van der Waals surface area contributed by atoms with Crippen LogP contribution in [0.3, 0.4) is 0 Å². The zero-order chi connectivity index (χ0) is 12.4. The molecule has 0 aliphatic rings. The maximum atomic E-state index is 12.3. The van der Waals surface area contributed by atoms with E-state index in [1.165, 1.54) is 0 Å². The van der Waals surface area contributed by atoms with E-state index in [1.807, 2.05) is 45.2 Å². The maximum absolute atomic E-state index is 12.3. The van der Waals surface area contributed by atoms with E-state index in [9.17, 15) is 4.79 Å². The molecule has 90 valence electrons. The highest BCUT2D eigenvalue weighted by molar-refractivity contribution is 5.77. The van der Waals surface area contributed by atoms with Crippen LogP contribution >= 0.6 is 0 Å². The Balaban J connectivity index is 2.80. The first-order valence-electron chi connectivity index (χ1n) is 5.85. The normalized spacial score (nSPS) is 12.9. The molecule has 1 heterocycles. The van der Waals surface area contributed by atoms with E-state index in [2.05, 4.69) is 10.3 Å². The van der Waals surface area contributed by atoms with Gasteiger partial charge in [-0.15, -0.1) is 0 Å². The number of fused-ring (bicyclic) bond motifs is 1. The van der Waals surface area contributed by atoms with Crippen LogP contribution in [-0.2, 0) is 6.54 Å². The summed E-state index contributed by atoms with van der Waals surface area (Å²) in [5.41, 5.74) is 0.800.